The molecule has 0 aliphatic carbocycles. The molecular weight excluding hydrogens is 354 g/mol. The maximum atomic E-state index is 11.7. The Labute approximate surface area is 152 Å². The molecule has 0 unspecified atom stereocenters. The van der Waals surface area contributed by atoms with Crippen molar-refractivity contribution in [2.24, 2.45) is 5.73 Å². The van der Waals surface area contributed by atoms with Crippen LogP contribution in [-0.4, -0.2) is 33.7 Å². The van der Waals surface area contributed by atoms with Crippen LogP contribution < -0.4 is 10.5 Å². The number of ether oxygens (including phenoxy) is 1. The summed E-state index contributed by atoms with van der Waals surface area (Å²) >= 11 is 0. The molecule has 0 fully saturated rings. The third-order valence-electron chi connectivity index (χ3n) is 4.23. The van der Waals surface area contributed by atoms with Crippen molar-refractivity contribution in [2.75, 3.05) is 7.11 Å². The number of nitro groups is 1. The fourth-order valence-electron chi connectivity index (χ4n) is 2.95. The van der Waals surface area contributed by atoms with Crippen LogP contribution in [0.25, 0.3) is 10.9 Å². The second-order valence-electron chi connectivity index (χ2n) is 5.83. The molecule has 2 aromatic carbocycles. The van der Waals surface area contributed by atoms with E-state index in [4.69, 9.17) is 15.6 Å². The molecule has 0 aliphatic rings. The van der Waals surface area contributed by atoms with Gasteiger partial charge < -0.3 is 15.6 Å². The number of carboxylic acids is 1. The molecule has 1 heterocycles. The van der Waals surface area contributed by atoms with E-state index in [1.807, 2.05) is 0 Å². The van der Waals surface area contributed by atoms with E-state index in [1.54, 1.807) is 6.07 Å². The van der Waals surface area contributed by atoms with Crippen LogP contribution in [0.1, 0.15) is 21.5 Å². The lowest BCUT2D eigenvalue weighted by Crippen LogP contribution is -2.18. The van der Waals surface area contributed by atoms with Crippen molar-refractivity contribution < 1.29 is 24.4 Å². The Hall–Kier alpha value is -3.88. The van der Waals surface area contributed by atoms with Gasteiger partial charge in [-0.2, -0.15) is 0 Å². The lowest BCUT2D eigenvalue weighted by molar-refractivity contribution is -0.384. The smallest absolute Gasteiger partial charge is 0.335 e. The Kier molecular flexibility index (Phi) is 4.51. The van der Waals surface area contributed by atoms with E-state index in [2.05, 4.69) is 0 Å². The second kappa shape index (κ2) is 6.79. The number of hydrogen-bond acceptors (Lipinski definition) is 5. The lowest BCUT2D eigenvalue weighted by atomic mass is 10.0. The molecular formula is C18H15N3O6. The molecule has 9 nitrogen and oxygen atoms in total. The minimum absolute atomic E-state index is 0.0748. The summed E-state index contributed by atoms with van der Waals surface area (Å²) in [7, 11) is 1.42. The number of primary amides is 1. The summed E-state index contributed by atoms with van der Waals surface area (Å²) < 4.78 is 6.48. The molecule has 0 bridgehead atoms. The largest absolute Gasteiger partial charge is 0.496 e. The average molecular weight is 369 g/mol. The first kappa shape index (κ1) is 17.9. The molecule has 0 saturated heterocycles. The minimum atomic E-state index is -1.08. The molecule has 0 aliphatic heterocycles. The number of nitrogens with two attached hydrogens (primary N) is 1. The van der Waals surface area contributed by atoms with E-state index in [0.717, 1.165) is 0 Å². The minimum Gasteiger partial charge on any atom is -0.496 e. The summed E-state index contributed by atoms with van der Waals surface area (Å²) in [5.74, 6) is -0.721. The summed E-state index contributed by atoms with van der Waals surface area (Å²) in [5.41, 5.74) is 7.09. The number of aromatic carboxylic acids is 1. The predicted octanol–water partition coefficient (Wildman–Crippen LogP) is 2.77. The molecule has 1 aromatic heterocycles. The van der Waals surface area contributed by atoms with E-state index in [0.29, 0.717) is 27.8 Å². The number of fused-ring (bicyclic) bond motifs is 1. The predicted molar refractivity (Wildman–Crippen MR) is 96.3 cm³/mol. The molecule has 0 atom stereocenters. The van der Waals surface area contributed by atoms with Crippen LogP contribution in [0.15, 0.2) is 42.6 Å². The van der Waals surface area contributed by atoms with Crippen molar-refractivity contribution in [2.45, 2.75) is 6.42 Å². The number of aromatic nitrogens is 1. The third-order valence-corrected chi connectivity index (χ3v) is 4.23. The number of carboxylic acid groups (broad SMARTS) is 1. The van der Waals surface area contributed by atoms with E-state index < -0.39 is 16.9 Å². The second-order valence-corrected chi connectivity index (χ2v) is 5.83. The fourth-order valence-corrected chi connectivity index (χ4v) is 2.95. The van der Waals surface area contributed by atoms with Crippen LogP contribution in [0.2, 0.25) is 0 Å². The van der Waals surface area contributed by atoms with Gasteiger partial charge in [0.1, 0.15) is 5.75 Å². The molecule has 138 valence electrons. The number of amides is 1. The van der Waals surface area contributed by atoms with Crippen molar-refractivity contribution >= 4 is 28.6 Å². The van der Waals surface area contributed by atoms with Crippen LogP contribution >= 0.6 is 0 Å². The van der Waals surface area contributed by atoms with Crippen molar-refractivity contribution in [3.63, 3.8) is 0 Å². The van der Waals surface area contributed by atoms with Gasteiger partial charge in [0, 0.05) is 30.1 Å². The highest BCUT2D eigenvalue weighted by Crippen LogP contribution is 2.30. The van der Waals surface area contributed by atoms with E-state index in [1.165, 1.54) is 48.2 Å². The number of carbonyl (C=O) groups excluding carboxylic acids is 1. The van der Waals surface area contributed by atoms with Crippen molar-refractivity contribution in [3.8, 4) is 5.75 Å². The summed E-state index contributed by atoms with van der Waals surface area (Å²) in [6, 6.07) is 7.87. The van der Waals surface area contributed by atoms with Crippen molar-refractivity contribution in [3.05, 3.63) is 69.4 Å². The zero-order valence-electron chi connectivity index (χ0n) is 14.2. The highest BCUT2D eigenvalue weighted by Gasteiger charge is 2.18. The first-order valence-corrected chi connectivity index (χ1v) is 7.80. The van der Waals surface area contributed by atoms with Gasteiger partial charge in [0.15, 0.2) is 0 Å². The summed E-state index contributed by atoms with van der Waals surface area (Å²) in [5, 5.41) is 20.7. The summed E-state index contributed by atoms with van der Waals surface area (Å²) in [6.45, 7) is 0. The van der Waals surface area contributed by atoms with Gasteiger partial charge in [-0.25, -0.2) is 9.59 Å². The zero-order valence-corrected chi connectivity index (χ0v) is 14.2. The maximum absolute atomic E-state index is 11.7. The SMILES string of the molecule is COc1cc(C(=O)O)ccc1Cc1cn(C(N)=O)c2ccc([N+](=O)[O-])cc12. The molecule has 3 aromatic rings. The van der Waals surface area contributed by atoms with Gasteiger partial charge in [-0.05, 0) is 29.3 Å². The first-order chi connectivity index (χ1) is 12.8. The average Bonchev–Trinajstić information content (AvgIpc) is 3.00. The van der Waals surface area contributed by atoms with Crippen LogP contribution in [0.3, 0.4) is 0 Å². The number of nitro benzene ring substituents is 1. The molecule has 3 rings (SSSR count). The van der Waals surface area contributed by atoms with E-state index >= 15 is 0 Å². The summed E-state index contributed by atoms with van der Waals surface area (Å²) in [4.78, 5) is 33.4. The van der Waals surface area contributed by atoms with Gasteiger partial charge in [0.2, 0.25) is 0 Å². The molecule has 27 heavy (non-hydrogen) atoms. The highest BCUT2D eigenvalue weighted by atomic mass is 16.6. The van der Waals surface area contributed by atoms with Crippen LogP contribution in [0.4, 0.5) is 10.5 Å². The Morgan fingerprint density at radius 1 is 1.22 bits per heavy atom. The van der Waals surface area contributed by atoms with Crippen LogP contribution in [-0.2, 0) is 6.42 Å². The number of benzene rings is 2. The molecule has 0 saturated carbocycles. The van der Waals surface area contributed by atoms with Crippen molar-refractivity contribution in [1.82, 2.24) is 4.57 Å². The Morgan fingerprint density at radius 3 is 2.56 bits per heavy atom. The molecule has 9 heteroatoms. The standard InChI is InChI=1S/C18H15N3O6/c1-27-16-7-11(17(22)23)3-2-10(16)6-12-9-20(18(19)24)15-5-4-13(21(25)26)8-14(12)15/h2-5,7-9H,6H2,1H3,(H2,19,24)(H,22,23). The van der Waals surface area contributed by atoms with Crippen LogP contribution in [0.5, 0.6) is 5.75 Å². The number of hydrogen-bond donors (Lipinski definition) is 2. The number of methoxy groups -OCH3 is 1. The van der Waals surface area contributed by atoms with E-state index in [-0.39, 0.29) is 17.7 Å². The highest BCUT2D eigenvalue weighted by molar-refractivity contribution is 5.94. The normalized spacial score (nSPS) is 10.7. The Morgan fingerprint density at radius 2 is 1.96 bits per heavy atom. The first-order valence-electron chi connectivity index (χ1n) is 7.80. The topological polar surface area (TPSA) is 138 Å². The van der Waals surface area contributed by atoms with Crippen molar-refractivity contribution in [1.29, 1.82) is 0 Å². The molecule has 0 radical (unpaired) electrons. The van der Waals surface area contributed by atoms with Gasteiger partial charge >= 0.3 is 12.0 Å². The molecule has 0 spiro atoms. The van der Waals surface area contributed by atoms with Gasteiger partial charge in [-0.1, -0.05) is 6.07 Å². The zero-order chi connectivity index (χ0) is 19.7. The number of rotatable bonds is 5. The molecule has 1 amide bonds. The third kappa shape index (κ3) is 3.30. The fraction of sp³-hybridized carbons (Fsp3) is 0.111. The number of carbonyl (C=O) groups is 2. The lowest BCUT2D eigenvalue weighted by Gasteiger charge is -2.09. The maximum Gasteiger partial charge on any atom is 0.335 e. The quantitative estimate of drug-likeness (QED) is 0.524. The number of nitrogens with zero attached hydrogens (tertiary/aromatic N) is 2. The monoisotopic (exact) mass is 369 g/mol. The number of non-ortho nitro benzene ring substituents is 1. The Bertz CT molecular complexity index is 1090. The van der Waals surface area contributed by atoms with Gasteiger partial charge in [0.25, 0.3) is 5.69 Å². The molecule has 3 N–H and O–H groups in total. The Balaban J connectivity index is 2.14. The summed E-state index contributed by atoms with van der Waals surface area (Å²) in [6.07, 6.45) is 1.78. The van der Waals surface area contributed by atoms with Gasteiger partial charge in [0.05, 0.1) is 23.1 Å². The van der Waals surface area contributed by atoms with Crippen LogP contribution in [0, 0.1) is 10.1 Å². The van der Waals surface area contributed by atoms with E-state index in [9.17, 15) is 19.7 Å². The van der Waals surface area contributed by atoms with Gasteiger partial charge in [-0.15, -0.1) is 0 Å². The van der Waals surface area contributed by atoms with Gasteiger partial charge in [-0.3, -0.25) is 14.7 Å².